The molecule has 0 aromatic heterocycles. The van der Waals surface area contributed by atoms with Gasteiger partial charge < -0.3 is 0 Å². The number of aliphatic imine (C=N–C) groups is 1. The van der Waals surface area contributed by atoms with Crippen LogP contribution in [0.15, 0.2) is 41.4 Å². The molecular formula is C22H31N. The molecule has 0 atom stereocenters. The molecule has 0 aliphatic heterocycles. The molecule has 1 aromatic rings. The van der Waals surface area contributed by atoms with Crippen LogP contribution in [0.3, 0.4) is 0 Å². The first kappa shape index (κ1) is 17.7. The van der Waals surface area contributed by atoms with Crippen molar-refractivity contribution in [1.82, 2.24) is 0 Å². The molecule has 1 heteroatoms. The maximum atomic E-state index is 4.50. The van der Waals surface area contributed by atoms with Gasteiger partial charge in [0.1, 0.15) is 0 Å². The quantitative estimate of drug-likeness (QED) is 0.427. The first-order valence-corrected chi connectivity index (χ1v) is 8.79. The van der Waals surface area contributed by atoms with Crippen LogP contribution in [0.2, 0.25) is 0 Å². The molecule has 1 saturated carbocycles. The van der Waals surface area contributed by atoms with Gasteiger partial charge in [-0.05, 0) is 75.0 Å². The van der Waals surface area contributed by atoms with Crippen LogP contribution >= 0.6 is 0 Å². The maximum Gasteiger partial charge on any atom is 0.0658 e. The van der Waals surface area contributed by atoms with Crippen molar-refractivity contribution in [2.24, 2.45) is 16.3 Å². The number of hydrogen-bond acceptors (Lipinski definition) is 1. The van der Waals surface area contributed by atoms with E-state index in [9.17, 15) is 0 Å². The zero-order valence-electron chi connectivity index (χ0n) is 15.4. The molecule has 0 saturated heterocycles. The Kier molecular flexibility index (Phi) is 5.62. The van der Waals surface area contributed by atoms with Crippen molar-refractivity contribution < 1.29 is 0 Å². The summed E-state index contributed by atoms with van der Waals surface area (Å²) in [5.41, 5.74) is 6.95. The molecule has 1 aliphatic carbocycles. The van der Waals surface area contributed by atoms with Gasteiger partial charge >= 0.3 is 0 Å². The van der Waals surface area contributed by atoms with Gasteiger partial charge in [-0.1, -0.05) is 44.2 Å². The van der Waals surface area contributed by atoms with Crippen LogP contribution in [-0.4, -0.2) is 6.21 Å². The highest BCUT2D eigenvalue weighted by molar-refractivity contribution is 5.74. The van der Waals surface area contributed by atoms with Gasteiger partial charge in [-0.2, -0.15) is 0 Å². The van der Waals surface area contributed by atoms with Crippen LogP contribution in [0.4, 0.5) is 0 Å². The third kappa shape index (κ3) is 4.43. The van der Waals surface area contributed by atoms with Gasteiger partial charge in [-0.25, -0.2) is 0 Å². The summed E-state index contributed by atoms with van der Waals surface area (Å²) < 4.78 is 0. The minimum absolute atomic E-state index is 0.531. The lowest BCUT2D eigenvalue weighted by molar-refractivity contribution is 0.121. The number of aryl methyl sites for hydroxylation is 2. The molecule has 0 unspecified atom stereocenters. The van der Waals surface area contributed by atoms with Gasteiger partial charge in [0.25, 0.3) is 0 Å². The summed E-state index contributed by atoms with van der Waals surface area (Å²) in [6.45, 7) is 15.2. The van der Waals surface area contributed by atoms with Crippen molar-refractivity contribution >= 4 is 11.9 Å². The largest absolute Gasteiger partial charge is 0.261 e. The van der Waals surface area contributed by atoms with E-state index in [1.54, 1.807) is 0 Å². The molecule has 0 radical (unpaired) electrons. The molecule has 124 valence electrons. The predicted octanol–water partition coefficient (Wildman–Crippen LogP) is 6.37. The molecule has 1 fully saturated rings. The van der Waals surface area contributed by atoms with Crippen molar-refractivity contribution in [2.75, 3.05) is 0 Å². The molecule has 23 heavy (non-hydrogen) atoms. The molecule has 0 amide bonds. The summed E-state index contributed by atoms with van der Waals surface area (Å²) in [6.07, 6.45) is 8.74. The third-order valence-electron chi connectivity index (χ3n) is 5.03. The number of hydrogen-bond donors (Lipinski definition) is 0. The van der Waals surface area contributed by atoms with E-state index in [-0.39, 0.29) is 0 Å². The van der Waals surface area contributed by atoms with E-state index in [4.69, 9.17) is 0 Å². The summed E-state index contributed by atoms with van der Waals surface area (Å²) in [7, 11) is 0. The second kappa shape index (κ2) is 7.29. The molecule has 0 N–H and O–H groups in total. The number of allylic oxidation sites excluding steroid dienone is 2. The molecule has 1 aromatic carbocycles. The Bertz CT molecular complexity index is 623. The van der Waals surface area contributed by atoms with Gasteiger partial charge in [0, 0.05) is 11.8 Å². The van der Waals surface area contributed by atoms with Gasteiger partial charge in [0.2, 0.25) is 0 Å². The summed E-state index contributed by atoms with van der Waals surface area (Å²) in [6, 6.07) is 6.77. The first-order chi connectivity index (χ1) is 10.9. The maximum absolute atomic E-state index is 4.50. The van der Waals surface area contributed by atoms with Crippen molar-refractivity contribution in [3.05, 3.63) is 53.1 Å². The van der Waals surface area contributed by atoms with Crippen molar-refractivity contribution in [3.8, 4) is 0 Å². The fourth-order valence-corrected chi connectivity index (χ4v) is 3.61. The third-order valence-corrected chi connectivity index (χ3v) is 5.03. The zero-order chi connectivity index (χ0) is 17.0. The summed E-state index contributed by atoms with van der Waals surface area (Å²) >= 11 is 0. The average molecular weight is 309 g/mol. The van der Waals surface area contributed by atoms with Crippen LogP contribution in [-0.2, 0) is 6.42 Å². The summed E-state index contributed by atoms with van der Waals surface area (Å²) in [4.78, 5) is 4.50. The highest BCUT2D eigenvalue weighted by atomic mass is 14.7. The second-order valence-electron chi connectivity index (χ2n) is 7.64. The molecule has 0 spiro atoms. The average Bonchev–Trinajstić information content (AvgIpc) is 2.49. The van der Waals surface area contributed by atoms with Crippen molar-refractivity contribution in [1.29, 1.82) is 0 Å². The lowest BCUT2D eigenvalue weighted by Gasteiger charge is -2.43. The van der Waals surface area contributed by atoms with Gasteiger partial charge in [0.15, 0.2) is 0 Å². The van der Waals surface area contributed by atoms with Gasteiger partial charge in [-0.3, -0.25) is 4.99 Å². The van der Waals surface area contributed by atoms with E-state index in [1.807, 2.05) is 13.1 Å². The van der Waals surface area contributed by atoms with Crippen LogP contribution in [0.1, 0.15) is 63.6 Å². The van der Waals surface area contributed by atoms with Crippen LogP contribution in [0, 0.1) is 18.3 Å². The lowest BCUT2D eigenvalue weighted by atomic mass is 9.62. The molecule has 2 rings (SSSR count). The Morgan fingerprint density at radius 2 is 2.00 bits per heavy atom. The second-order valence-corrected chi connectivity index (χ2v) is 7.64. The fraction of sp³-hybridized carbons (Fsp3) is 0.500. The molecule has 1 nitrogen and oxygen atoms in total. The van der Waals surface area contributed by atoms with E-state index in [0.717, 1.165) is 24.5 Å². The van der Waals surface area contributed by atoms with E-state index < -0.39 is 0 Å². The highest BCUT2D eigenvalue weighted by Crippen LogP contribution is 2.48. The molecular weight excluding hydrogens is 278 g/mol. The van der Waals surface area contributed by atoms with Gasteiger partial charge in [0.05, 0.1) is 5.70 Å². The van der Waals surface area contributed by atoms with E-state index in [1.165, 1.54) is 35.1 Å². The van der Waals surface area contributed by atoms with E-state index in [2.05, 4.69) is 63.5 Å². The monoisotopic (exact) mass is 309 g/mol. The standard InChI is InChI=1S/C22H31N/c1-7-21(23-8-2)20-13-18(12-10-17(20)4)11-9-16(3)19-14-22(5,6)15-19/h7-8,10,12-13,19H,3,9,11,14-15H2,1-2,4-6H3/b21-7-,23-8-. The Morgan fingerprint density at radius 3 is 2.57 bits per heavy atom. The minimum Gasteiger partial charge on any atom is -0.261 e. The smallest absolute Gasteiger partial charge is 0.0658 e. The normalized spacial score (nSPS) is 18.2. The van der Waals surface area contributed by atoms with E-state index >= 15 is 0 Å². The first-order valence-electron chi connectivity index (χ1n) is 8.79. The Labute approximate surface area is 142 Å². The summed E-state index contributed by atoms with van der Waals surface area (Å²) in [5, 5.41) is 0. The Morgan fingerprint density at radius 1 is 1.30 bits per heavy atom. The highest BCUT2D eigenvalue weighted by Gasteiger charge is 2.36. The Balaban J connectivity index is 2.03. The minimum atomic E-state index is 0.531. The van der Waals surface area contributed by atoms with Crippen LogP contribution in [0.25, 0.3) is 5.70 Å². The fourth-order valence-electron chi connectivity index (χ4n) is 3.61. The summed E-state index contributed by atoms with van der Waals surface area (Å²) in [5.74, 6) is 0.741. The molecule has 0 bridgehead atoms. The van der Waals surface area contributed by atoms with Crippen molar-refractivity contribution in [3.63, 3.8) is 0 Å². The molecule has 1 aliphatic rings. The van der Waals surface area contributed by atoms with Crippen LogP contribution < -0.4 is 0 Å². The SMILES string of the molecule is C=C(CCc1ccc(C)c(C(=C/C)/N=C\C)c1)C1CC(C)(C)C1. The lowest BCUT2D eigenvalue weighted by Crippen LogP contribution is -2.32. The van der Waals surface area contributed by atoms with Crippen molar-refractivity contribution in [2.45, 2.75) is 60.3 Å². The predicted molar refractivity (Wildman–Crippen MR) is 103 cm³/mol. The molecule has 0 heterocycles. The number of rotatable bonds is 6. The number of benzene rings is 1. The zero-order valence-corrected chi connectivity index (χ0v) is 15.4. The van der Waals surface area contributed by atoms with Gasteiger partial charge in [-0.15, -0.1) is 0 Å². The van der Waals surface area contributed by atoms with E-state index in [0.29, 0.717) is 5.41 Å². The topological polar surface area (TPSA) is 12.4 Å². The Hall–Kier alpha value is -1.63. The number of nitrogens with zero attached hydrogens (tertiary/aromatic N) is 1. The van der Waals surface area contributed by atoms with Crippen LogP contribution in [0.5, 0.6) is 0 Å².